The number of hydrogen-bond donors (Lipinski definition) is 3. The summed E-state index contributed by atoms with van der Waals surface area (Å²) in [5.74, 6) is 1.67. The van der Waals surface area contributed by atoms with Crippen LogP contribution < -0.4 is 20.7 Å². The summed E-state index contributed by atoms with van der Waals surface area (Å²) in [5, 5.41) is 9.77. The number of aromatic nitrogens is 2. The quantitative estimate of drug-likeness (QED) is 0.326. The van der Waals surface area contributed by atoms with Crippen LogP contribution in [0.3, 0.4) is 0 Å². The van der Waals surface area contributed by atoms with E-state index >= 15 is 0 Å². The number of methoxy groups -OCH3 is 1. The van der Waals surface area contributed by atoms with Crippen LogP contribution >= 0.6 is 12.2 Å². The number of anilines is 2. The van der Waals surface area contributed by atoms with Gasteiger partial charge in [-0.2, -0.15) is 0 Å². The predicted octanol–water partition coefficient (Wildman–Crippen LogP) is 4.06. The molecular formula is C22H24N6OS. The largest absolute Gasteiger partial charge is 0.497 e. The fraction of sp³-hybridized carbons (Fsp3) is 0.182. The van der Waals surface area contributed by atoms with Crippen molar-refractivity contribution in [1.29, 1.82) is 0 Å². The van der Waals surface area contributed by atoms with Gasteiger partial charge in [-0.3, -0.25) is 5.32 Å². The van der Waals surface area contributed by atoms with Gasteiger partial charge < -0.3 is 15.4 Å². The number of nitrogens with zero attached hydrogens (tertiary/aromatic N) is 3. The maximum Gasteiger partial charge on any atom is 0.229 e. The van der Waals surface area contributed by atoms with Gasteiger partial charge in [-0.1, -0.05) is 30.3 Å². The highest BCUT2D eigenvalue weighted by molar-refractivity contribution is 7.80. The molecule has 0 aliphatic heterocycles. The average Bonchev–Trinajstić information content (AvgIpc) is 2.72. The van der Waals surface area contributed by atoms with Crippen molar-refractivity contribution >= 4 is 34.9 Å². The van der Waals surface area contributed by atoms with Gasteiger partial charge in [-0.25, -0.2) is 15.0 Å². The Labute approximate surface area is 181 Å². The summed E-state index contributed by atoms with van der Waals surface area (Å²) in [7, 11) is 1.64. The van der Waals surface area contributed by atoms with E-state index in [0.717, 1.165) is 28.4 Å². The summed E-state index contributed by atoms with van der Waals surface area (Å²) in [6, 6.07) is 19.3. The maximum atomic E-state index is 5.45. The monoisotopic (exact) mass is 420 g/mol. The number of ether oxygens (including phenoxy) is 1. The number of aryl methyl sites for hydroxylation is 2. The smallest absolute Gasteiger partial charge is 0.229 e. The van der Waals surface area contributed by atoms with Gasteiger partial charge in [-0.15, -0.1) is 0 Å². The van der Waals surface area contributed by atoms with Gasteiger partial charge >= 0.3 is 0 Å². The highest BCUT2D eigenvalue weighted by Crippen LogP contribution is 2.13. The zero-order chi connectivity index (χ0) is 21.3. The Hall–Kier alpha value is -3.52. The summed E-state index contributed by atoms with van der Waals surface area (Å²) in [6.07, 6.45) is 0. The molecule has 0 fully saturated rings. The van der Waals surface area contributed by atoms with Gasteiger partial charge in [0, 0.05) is 17.1 Å². The number of benzene rings is 2. The molecule has 0 atom stereocenters. The van der Waals surface area contributed by atoms with Crippen LogP contribution in [0.15, 0.2) is 65.7 Å². The van der Waals surface area contributed by atoms with Crippen LogP contribution in [-0.4, -0.2) is 28.1 Å². The summed E-state index contributed by atoms with van der Waals surface area (Å²) >= 11 is 5.45. The van der Waals surface area contributed by atoms with E-state index < -0.39 is 0 Å². The Bertz CT molecular complexity index is 1020. The Morgan fingerprint density at radius 1 is 0.967 bits per heavy atom. The number of aliphatic imine (C=N–C) groups is 1. The van der Waals surface area contributed by atoms with Gasteiger partial charge in [0.1, 0.15) is 5.75 Å². The van der Waals surface area contributed by atoms with E-state index in [4.69, 9.17) is 17.0 Å². The first kappa shape index (κ1) is 21.2. The van der Waals surface area contributed by atoms with E-state index in [1.165, 1.54) is 0 Å². The molecule has 1 aromatic heterocycles. The third-order valence-electron chi connectivity index (χ3n) is 4.03. The first-order valence-corrected chi connectivity index (χ1v) is 9.82. The lowest BCUT2D eigenvalue weighted by Gasteiger charge is -2.14. The van der Waals surface area contributed by atoms with Gasteiger partial charge in [0.2, 0.25) is 11.9 Å². The molecule has 0 saturated carbocycles. The van der Waals surface area contributed by atoms with Crippen LogP contribution in [0.4, 0.5) is 11.6 Å². The van der Waals surface area contributed by atoms with Crippen molar-refractivity contribution < 1.29 is 4.74 Å². The molecule has 0 aliphatic carbocycles. The Morgan fingerprint density at radius 3 is 2.40 bits per heavy atom. The zero-order valence-electron chi connectivity index (χ0n) is 17.1. The Morgan fingerprint density at radius 2 is 1.70 bits per heavy atom. The highest BCUT2D eigenvalue weighted by atomic mass is 32.1. The normalized spacial score (nSPS) is 11.0. The highest BCUT2D eigenvalue weighted by Gasteiger charge is 2.07. The molecule has 2 aromatic carbocycles. The number of hydrogen-bond acceptors (Lipinski definition) is 5. The minimum absolute atomic E-state index is 0.405. The maximum absolute atomic E-state index is 5.45. The van der Waals surface area contributed by atoms with Crippen molar-refractivity contribution in [1.82, 2.24) is 15.3 Å². The van der Waals surface area contributed by atoms with Gasteiger partial charge in [0.05, 0.1) is 13.7 Å². The summed E-state index contributed by atoms with van der Waals surface area (Å²) in [6.45, 7) is 4.26. The minimum atomic E-state index is 0.405. The first-order chi connectivity index (χ1) is 14.5. The molecule has 1 heterocycles. The van der Waals surface area contributed by atoms with Crippen LogP contribution in [0.2, 0.25) is 0 Å². The van der Waals surface area contributed by atoms with Crippen LogP contribution in [0.25, 0.3) is 0 Å². The fourth-order valence-electron chi connectivity index (χ4n) is 2.73. The third-order valence-corrected chi connectivity index (χ3v) is 4.23. The second-order valence-electron chi connectivity index (χ2n) is 6.56. The van der Waals surface area contributed by atoms with E-state index in [-0.39, 0.29) is 0 Å². The summed E-state index contributed by atoms with van der Waals surface area (Å²) < 4.78 is 5.28. The van der Waals surface area contributed by atoms with E-state index in [9.17, 15) is 0 Å². The van der Waals surface area contributed by atoms with Crippen LogP contribution in [0.5, 0.6) is 5.75 Å². The molecule has 0 saturated heterocycles. The Balaban J connectivity index is 1.78. The number of rotatable bonds is 5. The third kappa shape index (κ3) is 6.52. The molecule has 3 rings (SSSR count). The molecule has 3 aromatic rings. The summed E-state index contributed by atoms with van der Waals surface area (Å²) in [5.41, 5.74) is 3.60. The molecule has 7 nitrogen and oxygen atoms in total. The molecule has 0 radical (unpaired) electrons. The molecular weight excluding hydrogens is 396 g/mol. The number of para-hydroxylation sites is 1. The molecule has 8 heteroatoms. The Kier molecular flexibility index (Phi) is 7.29. The van der Waals surface area contributed by atoms with Crippen molar-refractivity contribution in [3.05, 3.63) is 77.6 Å². The van der Waals surface area contributed by atoms with Gasteiger partial charge in [0.25, 0.3) is 0 Å². The second-order valence-corrected chi connectivity index (χ2v) is 6.97. The number of nitrogens with one attached hydrogen (secondary N) is 3. The standard InChI is InChI=1S/C22H24N6OS/c1-15-12-16(2)25-21(24-15)27-20(23-14-17-8-7-11-19(13-17)29-3)28-22(30)26-18-9-5-4-6-10-18/h4-13H,14H2,1-3H3,(H3,23,24,25,26,27,28,30). The molecule has 0 amide bonds. The molecule has 154 valence electrons. The molecule has 30 heavy (non-hydrogen) atoms. The number of guanidine groups is 1. The van der Waals surface area contributed by atoms with Gasteiger partial charge in [0.15, 0.2) is 5.11 Å². The SMILES string of the molecule is COc1cccc(CN=C(NC(=S)Nc2ccccc2)Nc2nc(C)cc(C)n2)c1. The van der Waals surface area contributed by atoms with E-state index in [0.29, 0.717) is 23.6 Å². The first-order valence-electron chi connectivity index (χ1n) is 9.41. The minimum Gasteiger partial charge on any atom is -0.497 e. The topological polar surface area (TPSA) is 83.5 Å². The average molecular weight is 421 g/mol. The van der Waals surface area contributed by atoms with Gasteiger partial charge in [-0.05, 0) is 62.0 Å². The summed E-state index contributed by atoms with van der Waals surface area (Å²) in [4.78, 5) is 13.5. The second kappa shape index (κ2) is 10.3. The van der Waals surface area contributed by atoms with Crippen LogP contribution in [0, 0.1) is 13.8 Å². The van der Waals surface area contributed by atoms with Crippen molar-refractivity contribution in [2.45, 2.75) is 20.4 Å². The van der Waals surface area contributed by atoms with E-state index in [1.54, 1.807) is 7.11 Å². The van der Waals surface area contributed by atoms with E-state index in [1.807, 2.05) is 74.5 Å². The number of thiocarbonyl (C=S) groups is 1. The van der Waals surface area contributed by atoms with Crippen molar-refractivity contribution in [3.8, 4) is 5.75 Å². The van der Waals surface area contributed by atoms with Crippen molar-refractivity contribution in [2.24, 2.45) is 4.99 Å². The fourth-order valence-corrected chi connectivity index (χ4v) is 2.95. The van der Waals surface area contributed by atoms with Crippen molar-refractivity contribution in [2.75, 3.05) is 17.7 Å². The van der Waals surface area contributed by atoms with Crippen LogP contribution in [-0.2, 0) is 6.54 Å². The zero-order valence-corrected chi connectivity index (χ0v) is 18.0. The molecule has 3 N–H and O–H groups in total. The predicted molar refractivity (Wildman–Crippen MR) is 125 cm³/mol. The lowest BCUT2D eigenvalue weighted by atomic mass is 10.2. The molecule has 0 unspecified atom stereocenters. The molecule has 0 bridgehead atoms. The van der Waals surface area contributed by atoms with E-state index in [2.05, 4.69) is 30.9 Å². The molecule has 0 spiro atoms. The lowest BCUT2D eigenvalue weighted by molar-refractivity contribution is 0.414. The van der Waals surface area contributed by atoms with Crippen LogP contribution in [0.1, 0.15) is 17.0 Å². The lowest BCUT2D eigenvalue weighted by Crippen LogP contribution is -2.39. The molecule has 0 aliphatic rings. The van der Waals surface area contributed by atoms with Crippen molar-refractivity contribution in [3.63, 3.8) is 0 Å².